The fraction of sp³-hybridized carbons (Fsp3) is 0.100. The monoisotopic (exact) mass is 535 g/mol. The third-order valence-electron chi connectivity index (χ3n) is 6.49. The summed E-state index contributed by atoms with van der Waals surface area (Å²) in [7, 11) is 3.23. The van der Waals surface area contributed by atoms with Crippen LogP contribution in [0.4, 0.5) is 5.69 Å². The lowest BCUT2D eigenvalue weighted by molar-refractivity contribution is -0.113. The SMILES string of the molecule is COc1ccc(OC)c(-n2c(SCC(=O)Nc3cccc4ccccc34)nnc2-c2c[nH]c3ccccc23)c1. The van der Waals surface area contributed by atoms with Gasteiger partial charge in [0.25, 0.3) is 0 Å². The third kappa shape index (κ3) is 4.68. The molecule has 0 bridgehead atoms. The molecule has 2 N–H and O–H groups in total. The molecule has 1 amide bonds. The number of amides is 1. The maximum absolute atomic E-state index is 13.1. The Bertz CT molecular complexity index is 1800. The van der Waals surface area contributed by atoms with Crippen LogP contribution in [0.1, 0.15) is 0 Å². The van der Waals surface area contributed by atoms with E-state index in [1.165, 1.54) is 11.8 Å². The smallest absolute Gasteiger partial charge is 0.234 e. The molecule has 0 aliphatic heterocycles. The minimum atomic E-state index is -0.142. The average molecular weight is 536 g/mol. The van der Waals surface area contributed by atoms with Crippen LogP contribution in [0.5, 0.6) is 11.5 Å². The second kappa shape index (κ2) is 10.5. The summed E-state index contributed by atoms with van der Waals surface area (Å²) in [4.78, 5) is 16.4. The largest absolute Gasteiger partial charge is 0.497 e. The maximum Gasteiger partial charge on any atom is 0.234 e. The van der Waals surface area contributed by atoms with Crippen LogP contribution in [0.3, 0.4) is 0 Å². The van der Waals surface area contributed by atoms with E-state index in [-0.39, 0.29) is 11.7 Å². The van der Waals surface area contributed by atoms with Gasteiger partial charge in [0.15, 0.2) is 11.0 Å². The number of benzene rings is 4. The summed E-state index contributed by atoms with van der Waals surface area (Å²) < 4.78 is 13.1. The van der Waals surface area contributed by atoms with E-state index in [2.05, 4.69) is 20.5 Å². The molecule has 4 aromatic carbocycles. The number of carbonyl (C=O) groups excluding carboxylic acids is 1. The quantitative estimate of drug-likeness (QED) is 0.222. The van der Waals surface area contributed by atoms with Gasteiger partial charge >= 0.3 is 0 Å². The lowest BCUT2D eigenvalue weighted by Gasteiger charge is -2.15. The molecule has 194 valence electrons. The molecule has 2 aromatic heterocycles. The Balaban J connectivity index is 1.37. The van der Waals surface area contributed by atoms with E-state index in [0.717, 1.165) is 32.9 Å². The highest BCUT2D eigenvalue weighted by molar-refractivity contribution is 7.99. The van der Waals surface area contributed by atoms with Crippen molar-refractivity contribution in [2.45, 2.75) is 5.16 Å². The predicted octanol–water partition coefficient (Wildman–Crippen LogP) is 6.32. The highest BCUT2D eigenvalue weighted by atomic mass is 32.2. The summed E-state index contributed by atoms with van der Waals surface area (Å²) in [6, 6.07) is 27.4. The Morgan fingerprint density at radius 2 is 1.72 bits per heavy atom. The topological polar surface area (TPSA) is 94.1 Å². The van der Waals surface area contributed by atoms with Crippen molar-refractivity contribution in [2.24, 2.45) is 0 Å². The first-order chi connectivity index (χ1) is 19.2. The standard InChI is InChI=1S/C30H25N5O3S/c1-37-20-14-15-27(38-2)26(16-20)35-29(23-17-31-24-12-6-5-11-22(23)24)33-34-30(35)39-18-28(36)32-25-13-7-9-19-8-3-4-10-21(19)25/h3-17,31H,18H2,1-2H3,(H,32,36). The Morgan fingerprint density at radius 1 is 0.923 bits per heavy atom. The number of hydrogen-bond donors (Lipinski definition) is 2. The van der Waals surface area contributed by atoms with Gasteiger partial charge in [0.2, 0.25) is 5.91 Å². The molecular formula is C30H25N5O3S. The van der Waals surface area contributed by atoms with Crippen molar-refractivity contribution in [2.75, 3.05) is 25.3 Å². The van der Waals surface area contributed by atoms with Gasteiger partial charge in [-0.1, -0.05) is 66.4 Å². The first-order valence-electron chi connectivity index (χ1n) is 12.3. The lowest BCUT2D eigenvalue weighted by Crippen LogP contribution is -2.15. The zero-order valence-electron chi connectivity index (χ0n) is 21.3. The maximum atomic E-state index is 13.1. The number of ether oxygens (including phenoxy) is 2. The fourth-order valence-corrected chi connectivity index (χ4v) is 5.38. The molecule has 39 heavy (non-hydrogen) atoms. The zero-order chi connectivity index (χ0) is 26.8. The number of hydrogen-bond acceptors (Lipinski definition) is 6. The van der Waals surface area contributed by atoms with Gasteiger partial charge in [-0.25, -0.2) is 0 Å². The lowest BCUT2D eigenvalue weighted by atomic mass is 10.1. The molecule has 6 aromatic rings. The van der Waals surface area contributed by atoms with Crippen molar-refractivity contribution in [3.63, 3.8) is 0 Å². The van der Waals surface area contributed by atoms with Crippen molar-refractivity contribution in [1.82, 2.24) is 19.7 Å². The summed E-state index contributed by atoms with van der Waals surface area (Å²) >= 11 is 1.30. The summed E-state index contributed by atoms with van der Waals surface area (Å²) in [6.45, 7) is 0. The van der Waals surface area contributed by atoms with Gasteiger partial charge in [0, 0.05) is 39.8 Å². The molecule has 0 saturated heterocycles. The van der Waals surface area contributed by atoms with Gasteiger partial charge < -0.3 is 19.8 Å². The van der Waals surface area contributed by atoms with Gasteiger partial charge in [-0.05, 0) is 29.7 Å². The van der Waals surface area contributed by atoms with Crippen LogP contribution in [-0.2, 0) is 4.79 Å². The van der Waals surface area contributed by atoms with Crippen molar-refractivity contribution in [3.05, 3.63) is 91.1 Å². The van der Waals surface area contributed by atoms with Gasteiger partial charge in [0.1, 0.15) is 11.5 Å². The van der Waals surface area contributed by atoms with Crippen LogP contribution >= 0.6 is 11.8 Å². The molecule has 2 heterocycles. The minimum Gasteiger partial charge on any atom is -0.497 e. The third-order valence-corrected chi connectivity index (χ3v) is 7.42. The minimum absolute atomic E-state index is 0.140. The molecule has 9 heteroatoms. The Morgan fingerprint density at radius 3 is 2.56 bits per heavy atom. The van der Waals surface area contributed by atoms with E-state index in [4.69, 9.17) is 9.47 Å². The first kappa shape index (κ1) is 24.6. The molecule has 0 unspecified atom stereocenters. The average Bonchev–Trinajstić information content (AvgIpc) is 3.60. The molecular weight excluding hydrogens is 510 g/mol. The van der Waals surface area contributed by atoms with Crippen molar-refractivity contribution in [1.29, 1.82) is 0 Å². The Kier molecular flexibility index (Phi) is 6.64. The highest BCUT2D eigenvalue weighted by Gasteiger charge is 2.22. The molecule has 0 radical (unpaired) electrons. The van der Waals surface area contributed by atoms with Gasteiger partial charge in [0.05, 0.1) is 25.7 Å². The van der Waals surface area contributed by atoms with Crippen LogP contribution in [0, 0.1) is 0 Å². The van der Waals surface area contributed by atoms with E-state index in [9.17, 15) is 4.79 Å². The van der Waals surface area contributed by atoms with Crippen molar-refractivity contribution in [3.8, 4) is 28.6 Å². The summed E-state index contributed by atoms with van der Waals surface area (Å²) in [6.07, 6.45) is 1.92. The fourth-order valence-electron chi connectivity index (χ4n) is 4.63. The van der Waals surface area contributed by atoms with Crippen molar-refractivity contribution < 1.29 is 14.3 Å². The number of H-pyrrole nitrogens is 1. The number of aromatic amines is 1. The van der Waals surface area contributed by atoms with E-state index >= 15 is 0 Å². The van der Waals surface area contributed by atoms with E-state index < -0.39 is 0 Å². The number of para-hydroxylation sites is 1. The van der Waals surface area contributed by atoms with Gasteiger partial charge in [-0.2, -0.15) is 0 Å². The van der Waals surface area contributed by atoms with Crippen LogP contribution < -0.4 is 14.8 Å². The van der Waals surface area contributed by atoms with Crippen molar-refractivity contribution >= 4 is 45.0 Å². The molecule has 0 saturated carbocycles. The molecule has 0 aliphatic rings. The number of nitrogens with one attached hydrogen (secondary N) is 2. The second-order valence-electron chi connectivity index (χ2n) is 8.79. The number of anilines is 1. The first-order valence-corrected chi connectivity index (χ1v) is 13.3. The summed E-state index contributed by atoms with van der Waals surface area (Å²) in [5.74, 6) is 1.91. The number of carbonyl (C=O) groups is 1. The Labute approximate surface area is 229 Å². The van der Waals surface area contributed by atoms with E-state index in [1.807, 2.05) is 95.7 Å². The molecule has 0 aliphatic carbocycles. The molecule has 0 spiro atoms. The molecule has 6 rings (SSSR count). The number of methoxy groups -OCH3 is 2. The summed E-state index contributed by atoms with van der Waals surface area (Å²) in [5.41, 5.74) is 3.35. The van der Waals surface area contributed by atoms with Gasteiger partial charge in [-0.15, -0.1) is 10.2 Å². The molecule has 0 atom stereocenters. The van der Waals surface area contributed by atoms with Crippen LogP contribution in [0.2, 0.25) is 0 Å². The Hall–Kier alpha value is -4.76. The number of rotatable bonds is 8. The number of nitrogens with zero attached hydrogens (tertiary/aromatic N) is 3. The molecule has 8 nitrogen and oxygen atoms in total. The highest BCUT2D eigenvalue weighted by Crippen LogP contribution is 2.37. The number of aromatic nitrogens is 4. The summed E-state index contributed by atoms with van der Waals surface area (Å²) in [5, 5.41) is 15.7. The van der Waals surface area contributed by atoms with E-state index in [1.54, 1.807) is 14.2 Å². The molecule has 0 fully saturated rings. The van der Waals surface area contributed by atoms with Crippen LogP contribution in [0.15, 0.2) is 96.3 Å². The normalized spacial score (nSPS) is 11.1. The number of fused-ring (bicyclic) bond motifs is 2. The van der Waals surface area contributed by atoms with Crippen LogP contribution in [0.25, 0.3) is 38.8 Å². The van der Waals surface area contributed by atoms with Crippen LogP contribution in [-0.4, -0.2) is 45.6 Å². The van der Waals surface area contributed by atoms with Gasteiger partial charge in [-0.3, -0.25) is 9.36 Å². The second-order valence-corrected chi connectivity index (χ2v) is 9.73. The number of thioether (sulfide) groups is 1. The zero-order valence-corrected chi connectivity index (χ0v) is 22.2. The van der Waals surface area contributed by atoms with E-state index in [0.29, 0.717) is 28.2 Å². The predicted molar refractivity (Wildman–Crippen MR) is 155 cm³/mol.